The molecule has 0 saturated carbocycles. The summed E-state index contributed by atoms with van der Waals surface area (Å²) in [6.45, 7) is 7.37. The molecule has 32 heavy (non-hydrogen) atoms. The van der Waals surface area contributed by atoms with Crippen LogP contribution in [-0.2, 0) is 0 Å². The molecule has 1 aliphatic heterocycles. The van der Waals surface area contributed by atoms with Crippen molar-refractivity contribution in [1.82, 2.24) is 4.98 Å². The van der Waals surface area contributed by atoms with Crippen LogP contribution in [0.1, 0.15) is 49.8 Å². The van der Waals surface area contributed by atoms with Crippen molar-refractivity contribution in [3.8, 4) is 23.1 Å². The highest BCUT2D eigenvalue weighted by atomic mass is 16.5. The van der Waals surface area contributed by atoms with E-state index in [1.807, 2.05) is 51.1 Å². The molecule has 7 nitrogen and oxygen atoms in total. The lowest BCUT2D eigenvalue weighted by molar-refractivity contribution is 0.190. The minimum absolute atomic E-state index is 0.0464. The second-order valence-corrected chi connectivity index (χ2v) is 7.67. The zero-order valence-electron chi connectivity index (χ0n) is 19.0. The van der Waals surface area contributed by atoms with Crippen LogP contribution in [0.5, 0.6) is 23.1 Å². The highest BCUT2D eigenvalue weighted by Gasteiger charge is 2.36. The highest BCUT2D eigenvalue weighted by Crippen LogP contribution is 2.44. The minimum Gasteiger partial charge on any atom is -0.493 e. The Kier molecular flexibility index (Phi) is 6.65. The lowest BCUT2D eigenvalue weighted by atomic mass is 9.77. The number of pyridine rings is 1. The normalized spacial score (nSPS) is 21.3. The number of aromatic nitrogens is 1. The zero-order valence-corrected chi connectivity index (χ0v) is 19.0. The van der Waals surface area contributed by atoms with Gasteiger partial charge in [0.2, 0.25) is 5.88 Å². The molecule has 1 aliphatic carbocycles. The van der Waals surface area contributed by atoms with Crippen LogP contribution in [0.4, 0.5) is 0 Å². The first-order valence-electron chi connectivity index (χ1n) is 11.1. The summed E-state index contributed by atoms with van der Waals surface area (Å²) >= 11 is 0. The lowest BCUT2D eigenvalue weighted by Gasteiger charge is -2.35. The standard InChI is InChI=1S/C25H30N2O5/c1-5-30-21-13-24(32-7-3)26-14-19(21)25-18-12-22(29-4)23(31-6-2)11-16(18)17-10-15(28)8-9-20(17)27-25/h8-9,11-15,17,20,28H,5-7,10H2,1-4H3/t15-,17+,20+/m0/s1. The molecule has 0 fully saturated rings. The molecule has 2 heterocycles. The predicted molar refractivity (Wildman–Crippen MR) is 123 cm³/mol. The third-order valence-electron chi connectivity index (χ3n) is 5.69. The van der Waals surface area contributed by atoms with E-state index < -0.39 is 6.10 Å². The van der Waals surface area contributed by atoms with E-state index in [0.717, 1.165) is 22.4 Å². The van der Waals surface area contributed by atoms with Crippen molar-refractivity contribution in [3.05, 3.63) is 53.2 Å². The van der Waals surface area contributed by atoms with Crippen molar-refractivity contribution in [1.29, 1.82) is 0 Å². The van der Waals surface area contributed by atoms with E-state index in [2.05, 4.69) is 4.98 Å². The number of methoxy groups -OCH3 is 1. The number of fused-ring (bicyclic) bond motifs is 3. The van der Waals surface area contributed by atoms with Gasteiger partial charge in [-0.15, -0.1) is 0 Å². The molecular weight excluding hydrogens is 408 g/mol. The van der Waals surface area contributed by atoms with Crippen molar-refractivity contribution in [3.63, 3.8) is 0 Å². The predicted octanol–water partition coefficient (Wildman–Crippen LogP) is 3.91. The van der Waals surface area contributed by atoms with Crippen molar-refractivity contribution in [2.24, 2.45) is 4.99 Å². The monoisotopic (exact) mass is 438 g/mol. The van der Waals surface area contributed by atoms with Crippen LogP contribution in [0.2, 0.25) is 0 Å². The summed E-state index contributed by atoms with van der Waals surface area (Å²) in [6, 6.07) is 5.71. The summed E-state index contributed by atoms with van der Waals surface area (Å²) in [5, 5.41) is 10.3. The molecule has 0 spiro atoms. The van der Waals surface area contributed by atoms with E-state index in [-0.39, 0.29) is 12.0 Å². The van der Waals surface area contributed by atoms with Gasteiger partial charge < -0.3 is 24.1 Å². The van der Waals surface area contributed by atoms with Gasteiger partial charge in [0.15, 0.2) is 11.5 Å². The molecule has 2 aliphatic rings. The number of rotatable bonds is 8. The fourth-order valence-electron chi connectivity index (χ4n) is 4.35. The van der Waals surface area contributed by atoms with Gasteiger partial charge in [0.1, 0.15) is 5.75 Å². The van der Waals surface area contributed by atoms with E-state index in [0.29, 0.717) is 49.4 Å². The van der Waals surface area contributed by atoms with Gasteiger partial charge in [0, 0.05) is 23.7 Å². The van der Waals surface area contributed by atoms with Crippen molar-refractivity contribution < 1.29 is 24.1 Å². The Morgan fingerprint density at radius 1 is 0.906 bits per heavy atom. The number of aliphatic hydroxyl groups is 1. The summed E-state index contributed by atoms with van der Waals surface area (Å²) in [5.74, 6) is 2.55. The first kappa shape index (κ1) is 22.1. The second kappa shape index (κ2) is 9.61. The number of benzene rings is 1. The molecule has 7 heteroatoms. The third-order valence-corrected chi connectivity index (χ3v) is 5.69. The zero-order chi connectivity index (χ0) is 22.7. The largest absolute Gasteiger partial charge is 0.493 e. The van der Waals surface area contributed by atoms with E-state index >= 15 is 0 Å². The maximum absolute atomic E-state index is 10.3. The van der Waals surface area contributed by atoms with Gasteiger partial charge in [0.25, 0.3) is 0 Å². The average Bonchev–Trinajstić information content (AvgIpc) is 2.79. The maximum atomic E-state index is 10.3. The smallest absolute Gasteiger partial charge is 0.216 e. The Morgan fingerprint density at radius 3 is 2.38 bits per heavy atom. The summed E-state index contributed by atoms with van der Waals surface area (Å²) in [5.41, 5.74) is 3.58. The fraction of sp³-hybridized carbons (Fsp3) is 0.440. The van der Waals surface area contributed by atoms with Gasteiger partial charge >= 0.3 is 0 Å². The SMILES string of the molecule is CCOc1cc(OCC)c(C2=N[C@@H]3C=C[C@H](O)C[C@@H]3c3cc(OCC)c(OC)cc32)cn1. The quantitative estimate of drug-likeness (QED) is 0.630. The van der Waals surface area contributed by atoms with Crippen LogP contribution < -0.4 is 18.9 Å². The highest BCUT2D eigenvalue weighted by molar-refractivity contribution is 6.16. The van der Waals surface area contributed by atoms with Gasteiger partial charge in [-0.25, -0.2) is 4.98 Å². The molecule has 0 radical (unpaired) electrons. The summed E-state index contributed by atoms with van der Waals surface area (Å²) < 4.78 is 23.0. The molecule has 2 aromatic rings. The third kappa shape index (κ3) is 4.17. The molecule has 170 valence electrons. The van der Waals surface area contributed by atoms with E-state index in [1.54, 1.807) is 13.3 Å². The van der Waals surface area contributed by atoms with Gasteiger partial charge in [-0.05, 0) is 44.9 Å². The number of aliphatic hydroxyl groups excluding tert-OH is 1. The molecule has 1 aromatic carbocycles. The Balaban J connectivity index is 1.91. The summed E-state index contributed by atoms with van der Waals surface area (Å²) in [7, 11) is 1.63. The Bertz CT molecular complexity index is 1030. The summed E-state index contributed by atoms with van der Waals surface area (Å²) in [4.78, 5) is 9.55. The lowest BCUT2D eigenvalue weighted by Crippen LogP contribution is -2.31. The van der Waals surface area contributed by atoms with Crippen molar-refractivity contribution in [2.75, 3.05) is 26.9 Å². The number of hydrogen-bond donors (Lipinski definition) is 1. The first-order valence-corrected chi connectivity index (χ1v) is 11.1. The molecule has 4 rings (SSSR count). The number of ether oxygens (including phenoxy) is 4. The van der Waals surface area contributed by atoms with Crippen LogP contribution in [0.15, 0.2) is 41.5 Å². The minimum atomic E-state index is -0.496. The average molecular weight is 439 g/mol. The Hall–Kier alpha value is -3.06. The number of aliphatic imine (C=N–C) groups is 1. The van der Waals surface area contributed by atoms with Crippen LogP contribution in [-0.4, -0.2) is 54.9 Å². The topological polar surface area (TPSA) is 82.4 Å². The van der Waals surface area contributed by atoms with Crippen LogP contribution in [0, 0.1) is 0 Å². The van der Waals surface area contributed by atoms with E-state index in [1.165, 1.54) is 0 Å². The maximum Gasteiger partial charge on any atom is 0.216 e. The van der Waals surface area contributed by atoms with Crippen LogP contribution >= 0.6 is 0 Å². The number of hydrogen-bond acceptors (Lipinski definition) is 7. The Morgan fingerprint density at radius 2 is 1.66 bits per heavy atom. The Labute approximate surface area is 188 Å². The van der Waals surface area contributed by atoms with Gasteiger partial charge in [0.05, 0.1) is 50.4 Å². The van der Waals surface area contributed by atoms with E-state index in [4.69, 9.17) is 23.9 Å². The molecule has 0 saturated heterocycles. The van der Waals surface area contributed by atoms with Crippen molar-refractivity contribution >= 4 is 5.71 Å². The van der Waals surface area contributed by atoms with Crippen LogP contribution in [0.3, 0.4) is 0 Å². The molecule has 0 bridgehead atoms. The van der Waals surface area contributed by atoms with Gasteiger partial charge in [-0.3, -0.25) is 4.99 Å². The molecule has 1 aromatic heterocycles. The molecule has 1 N–H and O–H groups in total. The molecule has 0 unspecified atom stereocenters. The van der Waals surface area contributed by atoms with Crippen molar-refractivity contribution in [2.45, 2.75) is 45.3 Å². The second-order valence-electron chi connectivity index (χ2n) is 7.67. The summed E-state index contributed by atoms with van der Waals surface area (Å²) in [6.07, 6.45) is 5.66. The van der Waals surface area contributed by atoms with Gasteiger partial charge in [-0.1, -0.05) is 12.2 Å². The van der Waals surface area contributed by atoms with Crippen LogP contribution in [0.25, 0.3) is 0 Å². The van der Waals surface area contributed by atoms with E-state index in [9.17, 15) is 5.11 Å². The molecular formula is C25H30N2O5. The molecule has 0 amide bonds. The first-order chi connectivity index (χ1) is 15.6. The fourth-order valence-corrected chi connectivity index (χ4v) is 4.35. The molecule has 3 atom stereocenters. The van der Waals surface area contributed by atoms with Gasteiger partial charge in [-0.2, -0.15) is 0 Å². The number of nitrogens with zero attached hydrogens (tertiary/aromatic N) is 2.